The SMILES string of the molecule is COCCN1C(=O)CC(c2ccc(C#N)cc2)C(C(=O)OCc2ccccc2OC)=C1C. The lowest BCUT2D eigenvalue weighted by Gasteiger charge is -2.34. The first-order chi connectivity index (χ1) is 15.5. The van der Waals surface area contributed by atoms with Crippen LogP contribution in [0.5, 0.6) is 5.75 Å². The number of benzene rings is 2. The highest BCUT2D eigenvalue weighted by Crippen LogP contribution is 2.37. The molecule has 1 aliphatic heterocycles. The van der Waals surface area contributed by atoms with Gasteiger partial charge in [0.25, 0.3) is 0 Å². The van der Waals surface area contributed by atoms with Gasteiger partial charge in [-0.25, -0.2) is 4.79 Å². The molecule has 3 rings (SSSR count). The van der Waals surface area contributed by atoms with E-state index in [2.05, 4.69) is 6.07 Å². The van der Waals surface area contributed by atoms with Crippen LogP contribution in [0, 0.1) is 11.3 Å². The minimum absolute atomic E-state index is 0.0474. The van der Waals surface area contributed by atoms with Gasteiger partial charge in [0, 0.05) is 37.3 Å². The molecule has 1 heterocycles. The minimum Gasteiger partial charge on any atom is -0.496 e. The number of nitriles is 1. The van der Waals surface area contributed by atoms with Gasteiger partial charge in [-0.3, -0.25) is 4.79 Å². The Morgan fingerprint density at radius 1 is 1.16 bits per heavy atom. The lowest BCUT2D eigenvalue weighted by molar-refractivity contribution is -0.141. The Bertz CT molecular complexity index is 1050. The molecule has 0 aliphatic carbocycles. The number of methoxy groups -OCH3 is 2. The molecule has 1 atom stereocenters. The zero-order valence-corrected chi connectivity index (χ0v) is 18.5. The highest BCUT2D eigenvalue weighted by Gasteiger charge is 2.36. The molecule has 1 aliphatic rings. The smallest absolute Gasteiger partial charge is 0.336 e. The van der Waals surface area contributed by atoms with Gasteiger partial charge >= 0.3 is 5.97 Å². The van der Waals surface area contributed by atoms with E-state index >= 15 is 0 Å². The van der Waals surface area contributed by atoms with Crippen molar-refractivity contribution < 1.29 is 23.8 Å². The van der Waals surface area contributed by atoms with E-state index in [1.807, 2.05) is 18.2 Å². The molecule has 166 valence electrons. The third-order valence-electron chi connectivity index (χ3n) is 5.56. The van der Waals surface area contributed by atoms with Crippen molar-refractivity contribution in [3.05, 3.63) is 76.5 Å². The lowest BCUT2D eigenvalue weighted by atomic mass is 9.83. The van der Waals surface area contributed by atoms with Gasteiger partial charge in [0.2, 0.25) is 5.91 Å². The quantitative estimate of drug-likeness (QED) is 0.591. The fraction of sp³-hybridized carbons (Fsp3) is 0.320. The summed E-state index contributed by atoms with van der Waals surface area (Å²) in [5.41, 5.74) is 3.03. The molecule has 1 amide bonds. The van der Waals surface area contributed by atoms with Crippen LogP contribution in [0.4, 0.5) is 0 Å². The van der Waals surface area contributed by atoms with Crippen LogP contribution < -0.4 is 4.74 Å². The first-order valence-corrected chi connectivity index (χ1v) is 10.3. The summed E-state index contributed by atoms with van der Waals surface area (Å²) in [6.45, 7) is 2.51. The first-order valence-electron chi connectivity index (χ1n) is 10.3. The van der Waals surface area contributed by atoms with Crippen molar-refractivity contribution in [1.82, 2.24) is 4.90 Å². The maximum absolute atomic E-state index is 13.3. The van der Waals surface area contributed by atoms with Crippen LogP contribution in [-0.2, 0) is 25.7 Å². The zero-order valence-electron chi connectivity index (χ0n) is 18.5. The van der Waals surface area contributed by atoms with Crippen molar-refractivity contribution in [2.24, 2.45) is 0 Å². The van der Waals surface area contributed by atoms with Gasteiger partial charge in [0.1, 0.15) is 12.4 Å². The number of para-hydroxylation sites is 1. The van der Waals surface area contributed by atoms with Gasteiger partial charge in [0.15, 0.2) is 0 Å². The third kappa shape index (κ3) is 4.98. The largest absolute Gasteiger partial charge is 0.496 e. The van der Waals surface area contributed by atoms with Crippen LogP contribution in [-0.4, -0.2) is 44.1 Å². The Morgan fingerprint density at radius 2 is 1.88 bits per heavy atom. The molecule has 2 aromatic rings. The number of carbonyl (C=O) groups is 2. The maximum atomic E-state index is 13.3. The first kappa shape index (κ1) is 23.0. The van der Waals surface area contributed by atoms with Crippen molar-refractivity contribution in [2.75, 3.05) is 27.4 Å². The molecular weight excluding hydrogens is 408 g/mol. The average Bonchev–Trinajstić information content (AvgIpc) is 2.82. The number of allylic oxidation sites excluding steroid dienone is 1. The predicted octanol–water partition coefficient (Wildman–Crippen LogP) is 3.55. The zero-order chi connectivity index (χ0) is 23.1. The van der Waals surface area contributed by atoms with Crippen LogP contribution >= 0.6 is 0 Å². The summed E-state index contributed by atoms with van der Waals surface area (Å²) in [5.74, 6) is -0.401. The monoisotopic (exact) mass is 434 g/mol. The number of nitrogens with zero attached hydrogens (tertiary/aromatic N) is 2. The molecule has 0 N–H and O–H groups in total. The summed E-state index contributed by atoms with van der Waals surface area (Å²) in [6.07, 6.45) is 0.131. The topological polar surface area (TPSA) is 88.9 Å². The van der Waals surface area contributed by atoms with Gasteiger partial charge in [-0.1, -0.05) is 30.3 Å². The van der Waals surface area contributed by atoms with Crippen molar-refractivity contribution in [3.8, 4) is 11.8 Å². The molecule has 0 aromatic heterocycles. The molecular formula is C25H26N2O5. The molecule has 0 spiro atoms. The molecule has 0 saturated carbocycles. The molecule has 32 heavy (non-hydrogen) atoms. The molecule has 2 aromatic carbocycles. The molecule has 0 radical (unpaired) electrons. The Hall–Kier alpha value is -3.63. The van der Waals surface area contributed by atoms with E-state index in [1.54, 1.807) is 56.4 Å². The Balaban J connectivity index is 1.93. The summed E-state index contributed by atoms with van der Waals surface area (Å²) in [5, 5.41) is 9.08. The summed E-state index contributed by atoms with van der Waals surface area (Å²) in [7, 11) is 3.13. The van der Waals surface area contributed by atoms with Crippen molar-refractivity contribution in [1.29, 1.82) is 5.26 Å². The van der Waals surface area contributed by atoms with E-state index < -0.39 is 11.9 Å². The predicted molar refractivity (Wildman–Crippen MR) is 118 cm³/mol. The van der Waals surface area contributed by atoms with Crippen molar-refractivity contribution in [3.63, 3.8) is 0 Å². The number of hydrogen-bond donors (Lipinski definition) is 0. The average molecular weight is 434 g/mol. The number of esters is 1. The third-order valence-corrected chi connectivity index (χ3v) is 5.56. The number of hydrogen-bond acceptors (Lipinski definition) is 6. The van der Waals surface area contributed by atoms with Crippen LogP contribution in [0.1, 0.15) is 36.0 Å². The summed E-state index contributed by atoms with van der Waals surface area (Å²) >= 11 is 0. The second kappa shape index (κ2) is 10.6. The highest BCUT2D eigenvalue weighted by atomic mass is 16.5. The highest BCUT2D eigenvalue weighted by molar-refractivity contribution is 5.95. The summed E-state index contributed by atoms with van der Waals surface area (Å²) in [6, 6.07) is 16.3. The van der Waals surface area contributed by atoms with E-state index in [4.69, 9.17) is 19.5 Å². The van der Waals surface area contributed by atoms with Gasteiger partial charge in [-0.15, -0.1) is 0 Å². The van der Waals surface area contributed by atoms with Crippen LogP contribution in [0.2, 0.25) is 0 Å². The van der Waals surface area contributed by atoms with E-state index in [0.29, 0.717) is 35.7 Å². The van der Waals surface area contributed by atoms with E-state index in [-0.39, 0.29) is 18.9 Å². The van der Waals surface area contributed by atoms with E-state index in [1.165, 1.54) is 0 Å². The van der Waals surface area contributed by atoms with Gasteiger partial charge in [-0.05, 0) is 30.7 Å². The molecule has 0 bridgehead atoms. The number of carbonyl (C=O) groups excluding carboxylic acids is 2. The van der Waals surface area contributed by atoms with Crippen LogP contribution in [0.3, 0.4) is 0 Å². The number of rotatable bonds is 8. The summed E-state index contributed by atoms with van der Waals surface area (Å²) < 4.78 is 16.1. The molecule has 0 saturated heterocycles. The Labute approximate surface area is 187 Å². The maximum Gasteiger partial charge on any atom is 0.336 e. The van der Waals surface area contributed by atoms with Crippen LogP contribution in [0.25, 0.3) is 0 Å². The second-order valence-corrected chi connectivity index (χ2v) is 7.42. The fourth-order valence-electron chi connectivity index (χ4n) is 3.85. The van der Waals surface area contributed by atoms with Gasteiger partial charge in [-0.2, -0.15) is 5.26 Å². The van der Waals surface area contributed by atoms with E-state index in [9.17, 15) is 9.59 Å². The Morgan fingerprint density at radius 3 is 2.53 bits per heavy atom. The summed E-state index contributed by atoms with van der Waals surface area (Å²) in [4.78, 5) is 27.7. The molecule has 7 heteroatoms. The van der Waals surface area contributed by atoms with Crippen molar-refractivity contribution >= 4 is 11.9 Å². The second-order valence-electron chi connectivity index (χ2n) is 7.42. The molecule has 0 fully saturated rings. The van der Waals surface area contributed by atoms with Gasteiger partial charge < -0.3 is 19.1 Å². The number of amides is 1. The molecule has 1 unspecified atom stereocenters. The standard InChI is InChI=1S/C25H26N2O5/c1-17-24(25(29)32-16-20-6-4-5-7-22(20)31-3)21(14-23(28)27(17)12-13-30-2)19-10-8-18(15-26)9-11-19/h4-11,21H,12-14,16H2,1-3H3. The lowest BCUT2D eigenvalue weighted by Crippen LogP contribution is -2.40. The fourth-order valence-corrected chi connectivity index (χ4v) is 3.85. The van der Waals surface area contributed by atoms with Crippen LogP contribution in [0.15, 0.2) is 59.8 Å². The van der Waals surface area contributed by atoms with E-state index in [0.717, 1.165) is 11.1 Å². The minimum atomic E-state index is -0.488. The Kier molecular flexibility index (Phi) is 7.63. The normalized spacial score (nSPS) is 16.0. The molecule has 7 nitrogen and oxygen atoms in total. The van der Waals surface area contributed by atoms with Gasteiger partial charge in [0.05, 0.1) is 30.9 Å². The van der Waals surface area contributed by atoms with Crippen molar-refractivity contribution in [2.45, 2.75) is 25.9 Å². The number of ether oxygens (including phenoxy) is 3.